The van der Waals surface area contributed by atoms with Crippen LogP contribution >= 0.6 is 0 Å². The Kier molecular flexibility index (Phi) is 7.99. The van der Waals surface area contributed by atoms with Gasteiger partial charge >= 0.3 is 0 Å². The van der Waals surface area contributed by atoms with E-state index in [4.69, 9.17) is 9.47 Å². The van der Waals surface area contributed by atoms with Crippen molar-refractivity contribution in [3.63, 3.8) is 0 Å². The molecule has 2 aromatic carbocycles. The quantitative estimate of drug-likeness (QED) is 0.665. The molecule has 0 fully saturated rings. The first-order chi connectivity index (χ1) is 13.1. The highest BCUT2D eigenvalue weighted by Crippen LogP contribution is 2.27. The molecule has 2 N–H and O–H groups in total. The number of rotatable bonds is 10. The van der Waals surface area contributed by atoms with Gasteiger partial charge in [0.2, 0.25) is 5.91 Å². The van der Waals surface area contributed by atoms with Crippen LogP contribution in [0.2, 0.25) is 0 Å². The van der Waals surface area contributed by atoms with Crippen molar-refractivity contribution in [3.8, 4) is 11.5 Å². The number of para-hydroxylation sites is 1. The van der Waals surface area contributed by atoms with Crippen LogP contribution in [-0.4, -0.2) is 26.7 Å². The second-order valence-electron chi connectivity index (χ2n) is 6.30. The van der Waals surface area contributed by atoms with Gasteiger partial charge in [0.25, 0.3) is 0 Å². The highest BCUT2D eigenvalue weighted by Gasteiger charge is 2.08. The van der Waals surface area contributed by atoms with E-state index in [0.717, 1.165) is 18.4 Å². The number of hydrogen-bond donors (Lipinski definition) is 2. The standard InChI is InChI=1S/C22H30N2O3/c1-5-17-8-7-9-18(6-2)22(17)23-13-12-21(25)24-15-16-10-11-19(26-3)20(14-16)27-4/h7-11,14,23H,5-6,12-13,15H2,1-4H3,(H,24,25). The zero-order chi connectivity index (χ0) is 19.6. The summed E-state index contributed by atoms with van der Waals surface area (Å²) in [6.07, 6.45) is 2.37. The SMILES string of the molecule is CCc1cccc(CC)c1NCCC(=O)NCc1ccc(OC)c(OC)c1. The van der Waals surface area contributed by atoms with Crippen molar-refractivity contribution in [2.75, 3.05) is 26.1 Å². The van der Waals surface area contributed by atoms with Crippen LogP contribution in [0.25, 0.3) is 0 Å². The molecule has 1 amide bonds. The zero-order valence-corrected chi connectivity index (χ0v) is 16.7. The Hall–Kier alpha value is -2.69. The largest absolute Gasteiger partial charge is 0.493 e. The van der Waals surface area contributed by atoms with Crippen LogP contribution in [0.4, 0.5) is 5.69 Å². The molecule has 5 heteroatoms. The van der Waals surface area contributed by atoms with Gasteiger partial charge in [-0.1, -0.05) is 38.1 Å². The molecule has 0 saturated carbocycles. The number of hydrogen-bond acceptors (Lipinski definition) is 4. The van der Waals surface area contributed by atoms with Crippen LogP contribution in [-0.2, 0) is 24.2 Å². The summed E-state index contributed by atoms with van der Waals surface area (Å²) >= 11 is 0. The fourth-order valence-corrected chi connectivity index (χ4v) is 3.05. The van der Waals surface area contributed by atoms with Crippen LogP contribution in [0.1, 0.15) is 37.0 Å². The number of aryl methyl sites for hydroxylation is 2. The molecular weight excluding hydrogens is 340 g/mol. The summed E-state index contributed by atoms with van der Waals surface area (Å²) in [4.78, 5) is 12.2. The van der Waals surface area contributed by atoms with Gasteiger partial charge in [-0.2, -0.15) is 0 Å². The predicted octanol–water partition coefficient (Wildman–Crippen LogP) is 3.95. The Labute approximate surface area is 162 Å². The van der Waals surface area contributed by atoms with Crippen LogP contribution in [0.3, 0.4) is 0 Å². The highest BCUT2D eigenvalue weighted by atomic mass is 16.5. The Balaban J connectivity index is 1.85. The second-order valence-corrected chi connectivity index (χ2v) is 6.30. The summed E-state index contributed by atoms with van der Waals surface area (Å²) in [7, 11) is 3.21. The van der Waals surface area contributed by atoms with Gasteiger partial charge in [-0.05, 0) is 41.7 Å². The van der Waals surface area contributed by atoms with Gasteiger partial charge in [-0.25, -0.2) is 0 Å². The Morgan fingerprint density at radius 2 is 1.63 bits per heavy atom. The first-order valence-corrected chi connectivity index (χ1v) is 9.45. The first-order valence-electron chi connectivity index (χ1n) is 9.45. The molecule has 0 atom stereocenters. The smallest absolute Gasteiger partial charge is 0.222 e. The molecule has 0 aliphatic rings. The molecule has 27 heavy (non-hydrogen) atoms. The number of ether oxygens (including phenoxy) is 2. The lowest BCUT2D eigenvalue weighted by Crippen LogP contribution is -2.25. The van der Waals surface area contributed by atoms with E-state index in [1.54, 1.807) is 14.2 Å². The third-order valence-electron chi connectivity index (χ3n) is 4.59. The molecule has 0 saturated heterocycles. The number of nitrogens with one attached hydrogen (secondary N) is 2. The van der Waals surface area contributed by atoms with Crippen molar-refractivity contribution in [2.24, 2.45) is 0 Å². The Bertz CT molecular complexity index is 737. The molecule has 0 aliphatic carbocycles. The topological polar surface area (TPSA) is 59.6 Å². The lowest BCUT2D eigenvalue weighted by Gasteiger charge is -2.15. The fourth-order valence-electron chi connectivity index (χ4n) is 3.05. The van der Waals surface area contributed by atoms with Gasteiger partial charge in [0.15, 0.2) is 11.5 Å². The van der Waals surface area contributed by atoms with Crippen LogP contribution < -0.4 is 20.1 Å². The molecule has 0 bridgehead atoms. The molecular formula is C22H30N2O3. The number of carbonyl (C=O) groups excluding carboxylic acids is 1. The lowest BCUT2D eigenvalue weighted by molar-refractivity contribution is -0.121. The molecule has 0 radical (unpaired) electrons. The van der Waals surface area contributed by atoms with Gasteiger partial charge in [-0.3, -0.25) is 4.79 Å². The van der Waals surface area contributed by atoms with Crippen LogP contribution in [0, 0.1) is 0 Å². The van der Waals surface area contributed by atoms with E-state index in [1.165, 1.54) is 16.8 Å². The summed E-state index contributed by atoms with van der Waals surface area (Å²) in [5, 5.41) is 6.40. The third kappa shape index (κ3) is 5.64. The minimum atomic E-state index is 0.0179. The van der Waals surface area contributed by atoms with Crippen LogP contribution in [0.5, 0.6) is 11.5 Å². The second kappa shape index (κ2) is 10.5. The summed E-state index contributed by atoms with van der Waals surface area (Å²) in [5.74, 6) is 1.36. The molecule has 146 valence electrons. The average Bonchev–Trinajstić information content (AvgIpc) is 2.71. The average molecular weight is 370 g/mol. The van der Waals surface area contributed by atoms with Gasteiger partial charge in [0.05, 0.1) is 14.2 Å². The van der Waals surface area contributed by atoms with E-state index >= 15 is 0 Å². The first kappa shape index (κ1) is 20.6. The molecule has 0 heterocycles. The van der Waals surface area contributed by atoms with Crippen molar-refractivity contribution in [1.29, 1.82) is 0 Å². The molecule has 0 unspecified atom stereocenters. The zero-order valence-electron chi connectivity index (χ0n) is 16.7. The maximum absolute atomic E-state index is 12.2. The Morgan fingerprint density at radius 3 is 2.22 bits per heavy atom. The molecule has 0 spiro atoms. The van der Waals surface area contributed by atoms with Crippen molar-refractivity contribution in [2.45, 2.75) is 39.7 Å². The summed E-state index contributed by atoms with van der Waals surface area (Å²) in [6, 6.07) is 12.0. The van der Waals surface area contributed by atoms with Gasteiger partial charge in [0, 0.05) is 25.2 Å². The maximum atomic E-state index is 12.2. The fraction of sp³-hybridized carbons (Fsp3) is 0.409. The predicted molar refractivity (Wildman–Crippen MR) is 110 cm³/mol. The number of amides is 1. The molecule has 2 rings (SSSR count). The van der Waals surface area contributed by atoms with Crippen molar-refractivity contribution in [3.05, 3.63) is 53.1 Å². The Morgan fingerprint density at radius 1 is 0.963 bits per heavy atom. The highest BCUT2D eigenvalue weighted by molar-refractivity contribution is 5.76. The summed E-state index contributed by atoms with van der Waals surface area (Å²) in [6.45, 7) is 5.37. The van der Waals surface area contributed by atoms with Gasteiger partial charge in [-0.15, -0.1) is 0 Å². The van der Waals surface area contributed by atoms with E-state index in [0.29, 0.717) is 31.0 Å². The van der Waals surface area contributed by atoms with E-state index in [-0.39, 0.29) is 5.91 Å². The third-order valence-corrected chi connectivity index (χ3v) is 4.59. The van der Waals surface area contributed by atoms with Gasteiger partial charge in [0.1, 0.15) is 0 Å². The number of methoxy groups -OCH3 is 2. The van der Waals surface area contributed by atoms with Crippen molar-refractivity contribution in [1.82, 2.24) is 5.32 Å². The van der Waals surface area contributed by atoms with Crippen LogP contribution in [0.15, 0.2) is 36.4 Å². The summed E-state index contributed by atoms with van der Waals surface area (Å²) in [5.41, 5.74) is 4.73. The van der Waals surface area contributed by atoms with Gasteiger partial charge < -0.3 is 20.1 Å². The monoisotopic (exact) mass is 370 g/mol. The van der Waals surface area contributed by atoms with E-state index < -0.39 is 0 Å². The molecule has 0 aromatic heterocycles. The molecule has 2 aromatic rings. The molecule has 5 nitrogen and oxygen atoms in total. The van der Waals surface area contributed by atoms with E-state index in [1.807, 2.05) is 18.2 Å². The number of benzene rings is 2. The minimum Gasteiger partial charge on any atom is -0.493 e. The minimum absolute atomic E-state index is 0.0179. The molecule has 0 aliphatic heterocycles. The van der Waals surface area contributed by atoms with Crippen molar-refractivity contribution < 1.29 is 14.3 Å². The normalized spacial score (nSPS) is 10.4. The maximum Gasteiger partial charge on any atom is 0.222 e. The number of anilines is 1. The summed E-state index contributed by atoms with van der Waals surface area (Å²) < 4.78 is 10.5. The number of carbonyl (C=O) groups is 1. The lowest BCUT2D eigenvalue weighted by atomic mass is 10.0. The van der Waals surface area contributed by atoms with Crippen molar-refractivity contribution >= 4 is 11.6 Å². The van der Waals surface area contributed by atoms with E-state index in [2.05, 4.69) is 42.7 Å². The van der Waals surface area contributed by atoms with E-state index in [9.17, 15) is 4.79 Å².